The lowest BCUT2D eigenvalue weighted by Crippen LogP contribution is -2.54. The SMILES string of the molecule is CC(C)N(C[C@@H]1CCC2OCCCCCCOC2C1)C(=O)C1CN(CC2=CC=CCC2)CCO1. The quantitative estimate of drug-likeness (QED) is 0.573. The topological polar surface area (TPSA) is 51.2 Å². The van der Waals surface area contributed by atoms with Crippen molar-refractivity contribution in [3.8, 4) is 0 Å². The van der Waals surface area contributed by atoms with Crippen LogP contribution in [0.4, 0.5) is 0 Å². The van der Waals surface area contributed by atoms with E-state index in [0.29, 0.717) is 19.1 Å². The molecule has 4 rings (SSSR count). The van der Waals surface area contributed by atoms with Gasteiger partial charge in [0.25, 0.3) is 5.91 Å². The number of nitrogens with zero attached hydrogens (tertiary/aromatic N) is 2. The van der Waals surface area contributed by atoms with Gasteiger partial charge in [-0.15, -0.1) is 0 Å². The second kappa shape index (κ2) is 13.2. The van der Waals surface area contributed by atoms with Crippen molar-refractivity contribution in [3.05, 3.63) is 23.8 Å². The van der Waals surface area contributed by atoms with E-state index in [1.54, 1.807) is 0 Å². The number of carbonyl (C=O) groups is 1. The normalized spacial score (nSPS) is 31.6. The molecule has 2 heterocycles. The lowest BCUT2D eigenvalue weighted by Gasteiger charge is -2.41. The highest BCUT2D eigenvalue weighted by Crippen LogP contribution is 2.31. The van der Waals surface area contributed by atoms with Crippen molar-refractivity contribution in [2.24, 2.45) is 5.92 Å². The third-order valence-corrected chi connectivity index (χ3v) is 7.86. The number of rotatable bonds is 6. The van der Waals surface area contributed by atoms with Crippen molar-refractivity contribution >= 4 is 5.91 Å². The Morgan fingerprint density at radius 2 is 1.85 bits per heavy atom. The summed E-state index contributed by atoms with van der Waals surface area (Å²) in [4.78, 5) is 18.1. The van der Waals surface area contributed by atoms with Gasteiger partial charge in [0.1, 0.15) is 6.10 Å². The molecule has 6 heteroatoms. The second-order valence-electron chi connectivity index (χ2n) is 10.9. The van der Waals surface area contributed by atoms with Gasteiger partial charge >= 0.3 is 0 Å². The van der Waals surface area contributed by atoms with Crippen LogP contribution in [0.2, 0.25) is 0 Å². The molecule has 2 saturated heterocycles. The van der Waals surface area contributed by atoms with Gasteiger partial charge in [-0.1, -0.05) is 36.6 Å². The first-order valence-corrected chi connectivity index (χ1v) is 13.8. The number of allylic oxidation sites excluding steroid dienone is 3. The number of ether oxygens (including phenoxy) is 3. The summed E-state index contributed by atoms with van der Waals surface area (Å²) in [5, 5.41) is 0. The van der Waals surface area contributed by atoms with Gasteiger partial charge in [-0.25, -0.2) is 0 Å². The maximum Gasteiger partial charge on any atom is 0.253 e. The maximum absolute atomic E-state index is 13.6. The summed E-state index contributed by atoms with van der Waals surface area (Å²) in [6, 6.07) is 0.164. The molecular formula is C28H46N2O4. The fourth-order valence-electron chi connectivity index (χ4n) is 5.83. The number of hydrogen-bond donors (Lipinski definition) is 0. The molecule has 0 aromatic rings. The van der Waals surface area contributed by atoms with E-state index in [2.05, 4.69) is 41.9 Å². The van der Waals surface area contributed by atoms with Crippen LogP contribution in [0.25, 0.3) is 0 Å². The van der Waals surface area contributed by atoms with Crippen molar-refractivity contribution in [2.75, 3.05) is 46.0 Å². The van der Waals surface area contributed by atoms with Crippen LogP contribution >= 0.6 is 0 Å². The summed E-state index contributed by atoms with van der Waals surface area (Å²) in [7, 11) is 0. The van der Waals surface area contributed by atoms with Crippen molar-refractivity contribution in [2.45, 2.75) is 96.0 Å². The third-order valence-electron chi connectivity index (χ3n) is 7.86. The van der Waals surface area contributed by atoms with Crippen molar-refractivity contribution in [1.29, 1.82) is 0 Å². The van der Waals surface area contributed by atoms with Crippen LogP contribution in [0.3, 0.4) is 0 Å². The van der Waals surface area contributed by atoms with Gasteiger partial charge in [-0.05, 0) is 64.7 Å². The summed E-state index contributed by atoms with van der Waals surface area (Å²) in [6.45, 7) is 9.91. The standard InChI is InChI=1S/C28H46N2O4/c1-22(2)30(20-24-12-13-25-26(18-24)33-16-9-4-3-8-15-32-25)28(31)27-21-29(14-17-34-27)19-23-10-6-5-7-11-23/h5-6,10,22,24-27H,3-4,7-9,11-21H2,1-2H3/t24-,25?,26?,27?/m1/s1. The predicted octanol–water partition coefficient (Wildman–Crippen LogP) is 4.35. The van der Waals surface area contributed by atoms with E-state index in [4.69, 9.17) is 14.2 Å². The fourth-order valence-corrected chi connectivity index (χ4v) is 5.83. The summed E-state index contributed by atoms with van der Waals surface area (Å²) in [5.74, 6) is 0.612. The summed E-state index contributed by atoms with van der Waals surface area (Å²) in [6.07, 6.45) is 16.8. The Kier molecular flexibility index (Phi) is 10.0. The fraction of sp³-hybridized carbons (Fsp3) is 0.821. The molecule has 0 radical (unpaired) electrons. The molecule has 192 valence electrons. The lowest BCUT2D eigenvalue weighted by atomic mass is 9.84. The Morgan fingerprint density at radius 1 is 1.06 bits per heavy atom. The molecule has 3 unspecified atom stereocenters. The molecule has 0 aromatic carbocycles. The second-order valence-corrected chi connectivity index (χ2v) is 10.9. The predicted molar refractivity (Wildman–Crippen MR) is 135 cm³/mol. The molecule has 2 aliphatic heterocycles. The monoisotopic (exact) mass is 474 g/mol. The van der Waals surface area contributed by atoms with Crippen LogP contribution in [0.5, 0.6) is 0 Å². The summed E-state index contributed by atoms with van der Waals surface area (Å²) >= 11 is 0. The van der Waals surface area contributed by atoms with Crippen molar-refractivity contribution in [3.63, 3.8) is 0 Å². The minimum Gasteiger partial charge on any atom is -0.376 e. The van der Waals surface area contributed by atoms with Gasteiger partial charge in [0.15, 0.2) is 0 Å². The molecule has 0 N–H and O–H groups in total. The van der Waals surface area contributed by atoms with Crippen LogP contribution in [-0.2, 0) is 19.0 Å². The van der Waals surface area contributed by atoms with Crippen molar-refractivity contribution in [1.82, 2.24) is 9.80 Å². The van der Waals surface area contributed by atoms with Gasteiger partial charge in [0.05, 0.1) is 18.8 Å². The first-order valence-electron chi connectivity index (χ1n) is 13.8. The molecule has 0 aromatic heterocycles. The Labute approximate surface area is 206 Å². The number of hydrogen-bond acceptors (Lipinski definition) is 5. The Bertz CT molecular complexity index is 707. The highest BCUT2D eigenvalue weighted by atomic mass is 16.5. The lowest BCUT2D eigenvalue weighted by molar-refractivity contribution is -0.153. The molecule has 6 nitrogen and oxygen atoms in total. The van der Waals surface area contributed by atoms with Gasteiger partial charge in [0, 0.05) is 45.4 Å². The van der Waals surface area contributed by atoms with E-state index in [0.717, 1.165) is 77.8 Å². The molecule has 1 saturated carbocycles. The van der Waals surface area contributed by atoms with E-state index in [9.17, 15) is 4.79 Å². The van der Waals surface area contributed by atoms with Gasteiger partial charge < -0.3 is 19.1 Å². The average Bonchev–Trinajstić information content (AvgIpc) is 2.85. The summed E-state index contributed by atoms with van der Waals surface area (Å²) < 4.78 is 18.5. The first kappa shape index (κ1) is 25.9. The van der Waals surface area contributed by atoms with E-state index < -0.39 is 0 Å². The molecule has 34 heavy (non-hydrogen) atoms. The Hall–Kier alpha value is -1.21. The van der Waals surface area contributed by atoms with E-state index in [1.807, 2.05) is 0 Å². The van der Waals surface area contributed by atoms with Gasteiger partial charge in [-0.2, -0.15) is 0 Å². The van der Waals surface area contributed by atoms with E-state index >= 15 is 0 Å². The number of morpholine rings is 1. The average molecular weight is 475 g/mol. The molecule has 2 aliphatic carbocycles. The zero-order valence-electron chi connectivity index (χ0n) is 21.5. The highest BCUT2D eigenvalue weighted by molar-refractivity contribution is 5.81. The zero-order chi connectivity index (χ0) is 23.8. The van der Waals surface area contributed by atoms with Crippen LogP contribution in [0.15, 0.2) is 23.8 Å². The largest absolute Gasteiger partial charge is 0.376 e. The summed E-state index contributed by atoms with van der Waals surface area (Å²) in [5.41, 5.74) is 1.46. The number of amides is 1. The highest BCUT2D eigenvalue weighted by Gasteiger charge is 2.36. The Balaban J connectivity index is 1.32. The minimum atomic E-state index is -0.361. The molecule has 4 aliphatic rings. The maximum atomic E-state index is 13.6. The van der Waals surface area contributed by atoms with Crippen LogP contribution in [0.1, 0.15) is 71.6 Å². The molecule has 4 atom stereocenters. The van der Waals surface area contributed by atoms with E-state index in [1.165, 1.54) is 18.4 Å². The van der Waals surface area contributed by atoms with Crippen LogP contribution in [-0.4, -0.2) is 86.1 Å². The van der Waals surface area contributed by atoms with E-state index in [-0.39, 0.29) is 30.3 Å². The molecule has 0 bridgehead atoms. The van der Waals surface area contributed by atoms with Crippen LogP contribution in [0, 0.1) is 5.92 Å². The third kappa shape index (κ3) is 7.39. The zero-order valence-corrected chi connectivity index (χ0v) is 21.5. The first-order chi connectivity index (χ1) is 16.6. The number of carbonyl (C=O) groups excluding carboxylic acids is 1. The van der Waals surface area contributed by atoms with Gasteiger partial charge in [0.2, 0.25) is 0 Å². The van der Waals surface area contributed by atoms with Crippen LogP contribution < -0.4 is 0 Å². The molecule has 3 fully saturated rings. The van der Waals surface area contributed by atoms with Gasteiger partial charge in [-0.3, -0.25) is 9.69 Å². The minimum absolute atomic E-state index is 0.155. The molecule has 0 spiro atoms. The van der Waals surface area contributed by atoms with Crippen molar-refractivity contribution < 1.29 is 19.0 Å². The Morgan fingerprint density at radius 3 is 2.59 bits per heavy atom. The molecule has 1 amide bonds. The number of fused-ring (bicyclic) bond motifs is 1. The smallest absolute Gasteiger partial charge is 0.253 e. The molecular weight excluding hydrogens is 428 g/mol.